The van der Waals surface area contributed by atoms with E-state index in [0.717, 1.165) is 0 Å². The highest BCUT2D eigenvalue weighted by Crippen LogP contribution is 2.40. The Morgan fingerprint density at radius 3 is 2.13 bits per heavy atom. The van der Waals surface area contributed by atoms with Crippen LogP contribution in [0.3, 0.4) is 0 Å². The van der Waals surface area contributed by atoms with E-state index in [2.05, 4.69) is 65.0 Å². The number of benzene rings is 1. The molecule has 0 saturated carbocycles. The van der Waals surface area contributed by atoms with Crippen molar-refractivity contribution in [1.82, 2.24) is 0 Å². The molecule has 0 radical (unpaired) electrons. The van der Waals surface area contributed by atoms with Crippen LogP contribution in [0, 0.1) is 11.8 Å². The van der Waals surface area contributed by atoms with Gasteiger partial charge in [-0.2, -0.15) is 0 Å². The van der Waals surface area contributed by atoms with E-state index in [-0.39, 0.29) is 0 Å². The van der Waals surface area contributed by atoms with Gasteiger partial charge in [-0.05, 0) is 60.6 Å². The first kappa shape index (κ1) is 18.0. The van der Waals surface area contributed by atoms with Gasteiger partial charge in [0.15, 0.2) is 0 Å². The minimum Gasteiger partial charge on any atom is -0.0654 e. The maximum Gasteiger partial charge on any atom is -0.00905 e. The minimum absolute atomic E-state index is 0.683. The molecular formula is C23H34. The molecule has 0 aromatic heterocycles. The fourth-order valence-corrected chi connectivity index (χ4v) is 3.41. The standard InChI is InChI=1S/C23H34/c1-6-9-10-19-11-13-20(14-12-19)23-16-21(17(4)7-2)15-22(23)18(5)8-3/h11-14,16-18H,6-10,15H2,1-5H3. The van der Waals surface area contributed by atoms with Gasteiger partial charge in [-0.25, -0.2) is 0 Å². The van der Waals surface area contributed by atoms with Crippen molar-refractivity contribution in [3.8, 4) is 0 Å². The lowest BCUT2D eigenvalue weighted by Gasteiger charge is -2.16. The number of aryl methyl sites for hydroxylation is 1. The monoisotopic (exact) mass is 310 g/mol. The summed E-state index contributed by atoms with van der Waals surface area (Å²) in [5.74, 6) is 1.39. The van der Waals surface area contributed by atoms with Gasteiger partial charge in [-0.3, -0.25) is 0 Å². The molecule has 0 amide bonds. The lowest BCUT2D eigenvalue weighted by Crippen LogP contribution is -2.01. The maximum absolute atomic E-state index is 2.50. The lowest BCUT2D eigenvalue weighted by atomic mass is 9.89. The summed E-state index contributed by atoms with van der Waals surface area (Å²) in [7, 11) is 0. The van der Waals surface area contributed by atoms with Gasteiger partial charge in [0.05, 0.1) is 0 Å². The van der Waals surface area contributed by atoms with Crippen LogP contribution in [0.15, 0.2) is 41.5 Å². The summed E-state index contributed by atoms with van der Waals surface area (Å²) in [5, 5.41) is 0. The molecule has 126 valence electrons. The number of hydrogen-bond donors (Lipinski definition) is 0. The zero-order valence-electron chi connectivity index (χ0n) is 15.8. The van der Waals surface area contributed by atoms with E-state index in [9.17, 15) is 0 Å². The van der Waals surface area contributed by atoms with Crippen LogP contribution in [0.4, 0.5) is 0 Å². The Morgan fingerprint density at radius 2 is 1.57 bits per heavy atom. The van der Waals surface area contributed by atoms with E-state index in [1.807, 2.05) is 0 Å². The third kappa shape index (κ3) is 4.37. The van der Waals surface area contributed by atoms with Crippen LogP contribution in [0.5, 0.6) is 0 Å². The second-order valence-electron chi connectivity index (χ2n) is 7.25. The molecule has 2 rings (SSSR count). The van der Waals surface area contributed by atoms with Crippen molar-refractivity contribution in [2.24, 2.45) is 11.8 Å². The summed E-state index contributed by atoms with van der Waals surface area (Å²) in [6.07, 6.45) is 9.93. The maximum atomic E-state index is 2.50. The lowest BCUT2D eigenvalue weighted by molar-refractivity contribution is 0.604. The highest BCUT2D eigenvalue weighted by molar-refractivity contribution is 5.81. The van der Waals surface area contributed by atoms with E-state index in [1.165, 1.54) is 55.2 Å². The number of hydrogen-bond acceptors (Lipinski definition) is 0. The summed E-state index contributed by atoms with van der Waals surface area (Å²) in [5.41, 5.74) is 7.69. The van der Waals surface area contributed by atoms with Gasteiger partial charge in [0.1, 0.15) is 0 Å². The minimum atomic E-state index is 0.683. The van der Waals surface area contributed by atoms with Crippen LogP contribution in [0.25, 0.3) is 5.57 Å². The summed E-state index contributed by atoms with van der Waals surface area (Å²) in [4.78, 5) is 0. The van der Waals surface area contributed by atoms with Crippen molar-refractivity contribution in [2.75, 3.05) is 0 Å². The number of unbranched alkanes of at least 4 members (excludes halogenated alkanes) is 1. The highest BCUT2D eigenvalue weighted by atomic mass is 14.3. The summed E-state index contributed by atoms with van der Waals surface area (Å²) in [6, 6.07) is 9.36. The zero-order chi connectivity index (χ0) is 16.8. The van der Waals surface area contributed by atoms with Gasteiger partial charge >= 0.3 is 0 Å². The fourth-order valence-electron chi connectivity index (χ4n) is 3.41. The zero-order valence-corrected chi connectivity index (χ0v) is 15.8. The molecule has 2 unspecified atom stereocenters. The molecule has 23 heavy (non-hydrogen) atoms. The second kappa shape index (κ2) is 8.52. The summed E-state index contributed by atoms with van der Waals surface area (Å²) in [6.45, 7) is 11.6. The predicted octanol–water partition coefficient (Wildman–Crippen LogP) is 7.21. The first-order valence-corrected chi connectivity index (χ1v) is 9.63. The van der Waals surface area contributed by atoms with Crippen molar-refractivity contribution in [1.29, 1.82) is 0 Å². The molecule has 1 aliphatic carbocycles. The van der Waals surface area contributed by atoms with Crippen molar-refractivity contribution in [3.05, 3.63) is 52.6 Å². The molecule has 0 aliphatic heterocycles. The Hall–Kier alpha value is -1.30. The molecule has 0 heterocycles. The average Bonchev–Trinajstić information content (AvgIpc) is 3.04. The Bertz CT molecular complexity index is 556. The average molecular weight is 311 g/mol. The van der Waals surface area contributed by atoms with Gasteiger partial charge in [0.2, 0.25) is 0 Å². The van der Waals surface area contributed by atoms with Crippen molar-refractivity contribution >= 4 is 5.57 Å². The normalized spacial score (nSPS) is 17.3. The Labute approximate surface area is 143 Å². The van der Waals surface area contributed by atoms with Crippen LogP contribution in [-0.4, -0.2) is 0 Å². The first-order chi connectivity index (χ1) is 11.1. The molecule has 0 bridgehead atoms. The Balaban J connectivity index is 2.28. The smallest absolute Gasteiger partial charge is 0.00905 e. The predicted molar refractivity (Wildman–Crippen MR) is 104 cm³/mol. The van der Waals surface area contributed by atoms with Crippen molar-refractivity contribution in [2.45, 2.75) is 73.1 Å². The number of allylic oxidation sites excluding steroid dienone is 4. The molecule has 0 N–H and O–H groups in total. The molecule has 1 aromatic carbocycles. The number of rotatable bonds is 8. The van der Waals surface area contributed by atoms with Gasteiger partial charge in [0.25, 0.3) is 0 Å². The Morgan fingerprint density at radius 1 is 0.913 bits per heavy atom. The molecule has 0 heteroatoms. The molecular weight excluding hydrogens is 276 g/mol. The van der Waals surface area contributed by atoms with Crippen molar-refractivity contribution < 1.29 is 0 Å². The van der Waals surface area contributed by atoms with Crippen LogP contribution >= 0.6 is 0 Å². The largest absolute Gasteiger partial charge is 0.0654 e. The van der Waals surface area contributed by atoms with E-state index in [4.69, 9.17) is 0 Å². The van der Waals surface area contributed by atoms with E-state index in [0.29, 0.717) is 11.8 Å². The molecule has 0 saturated heterocycles. The van der Waals surface area contributed by atoms with Crippen LogP contribution in [0.1, 0.15) is 77.8 Å². The molecule has 2 atom stereocenters. The third-order valence-corrected chi connectivity index (χ3v) is 5.61. The summed E-state index contributed by atoms with van der Waals surface area (Å²) >= 11 is 0. The van der Waals surface area contributed by atoms with Gasteiger partial charge < -0.3 is 0 Å². The molecule has 1 aliphatic rings. The summed E-state index contributed by atoms with van der Waals surface area (Å²) < 4.78 is 0. The molecule has 1 aromatic rings. The Kier molecular flexibility index (Phi) is 6.69. The van der Waals surface area contributed by atoms with Gasteiger partial charge in [-0.1, -0.05) is 82.5 Å². The fraction of sp³-hybridized carbons (Fsp3) is 0.565. The van der Waals surface area contributed by atoms with E-state index >= 15 is 0 Å². The topological polar surface area (TPSA) is 0 Å². The van der Waals surface area contributed by atoms with E-state index < -0.39 is 0 Å². The van der Waals surface area contributed by atoms with Crippen LogP contribution in [-0.2, 0) is 6.42 Å². The van der Waals surface area contributed by atoms with Crippen molar-refractivity contribution in [3.63, 3.8) is 0 Å². The van der Waals surface area contributed by atoms with Crippen LogP contribution < -0.4 is 0 Å². The highest BCUT2D eigenvalue weighted by Gasteiger charge is 2.23. The van der Waals surface area contributed by atoms with E-state index in [1.54, 1.807) is 11.1 Å². The second-order valence-corrected chi connectivity index (χ2v) is 7.25. The molecule has 0 spiro atoms. The van der Waals surface area contributed by atoms with Crippen LogP contribution in [0.2, 0.25) is 0 Å². The SMILES string of the molecule is CCCCc1ccc(C2=C(C(C)CC)CC(C(C)CC)=C2)cc1. The van der Waals surface area contributed by atoms with Gasteiger partial charge in [0, 0.05) is 0 Å². The molecule has 0 fully saturated rings. The van der Waals surface area contributed by atoms with Gasteiger partial charge in [-0.15, -0.1) is 0 Å². The quantitative estimate of drug-likeness (QED) is 0.476. The molecule has 0 nitrogen and oxygen atoms in total. The third-order valence-electron chi connectivity index (χ3n) is 5.61. The first-order valence-electron chi connectivity index (χ1n) is 9.63.